The summed E-state index contributed by atoms with van der Waals surface area (Å²) in [6.45, 7) is 2.53. The fourth-order valence-electron chi connectivity index (χ4n) is 3.44. The first-order valence-corrected chi connectivity index (χ1v) is 12.0. The molecule has 154 valence electrons. The summed E-state index contributed by atoms with van der Waals surface area (Å²) < 4.78 is 2.42. The standard InChI is InChI=1S/C24H18ClN3OS2/c1-15-7-9-16(10-8-15)13-28-23(29)21-20(19-6-3-11-26-22(19)31-21)27-24(28)30-14-17-4-2-5-18(25)12-17/h2-12H,13-14H2,1H3. The van der Waals surface area contributed by atoms with Gasteiger partial charge in [-0.05, 0) is 42.3 Å². The molecule has 0 amide bonds. The summed E-state index contributed by atoms with van der Waals surface area (Å²) in [5, 5.41) is 2.32. The Labute approximate surface area is 192 Å². The van der Waals surface area contributed by atoms with Crippen molar-refractivity contribution in [3.63, 3.8) is 0 Å². The van der Waals surface area contributed by atoms with Crippen LogP contribution >= 0.6 is 34.7 Å². The lowest BCUT2D eigenvalue weighted by Crippen LogP contribution is -2.23. The van der Waals surface area contributed by atoms with Crippen LogP contribution in [0.1, 0.15) is 16.7 Å². The Kier molecular flexibility index (Phi) is 5.52. The Balaban J connectivity index is 1.63. The Morgan fingerprint density at radius 2 is 1.90 bits per heavy atom. The molecule has 0 bridgehead atoms. The van der Waals surface area contributed by atoms with E-state index in [4.69, 9.17) is 16.6 Å². The van der Waals surface area contributed by atoms with Gasteiger partial charge >= 0.3 is 0 Å². The van der Waals surface area contributed by atoms with E-state index < -0.39 is 0 Å². The van der Waals surface area contributed by atoms with Gasteiger partial charge in [0, 0.05) is 22.4 Å². The second-order valence-corrected chi connectivity index (χ2v) is 9.70. The van der Waals surface area contributed by atoms with E-state index in [1.54, 1.807) is 22.5 Å². The van der Waals surface area contributed by atoms with Crippen molar-refractivity contribution in [3.8, 4) is 0 Å². The Hall–Kier alpha value is -2.67. The van der Waals surface area contributed by atoms with Crippen LogP contribution in [-0.4, -0.2) is 14.5 Å². The van der Waals surface area contributed by atoms with Crippen molar-refractivity contribution >= 4 is 55.1 Å². The smallest absolute Gasteiger partial charge is 0.272 e. The van der Waals surface area contributed by atoms with Crippen molar-refractivity contribution in [1.29, 1.82) is 0 Å². The van der Waals surface area contributed by atoms with Crippen LogP contribution in [0.3, 0.4) is 0 Å². The number of aryl methyl sites for hydroxylation is 1. The molecule has 0 unspecified atom stereocenters. The number of hydrogen-bond donors (Lipinski definition) is 0. The lowest BCUT2D eigenvalue weighted by Gasteiger charge is -2.12. The molecular formula is C24H18ClN3OS2. The van der Waals surface area contributed by atoms with Crippen molar-refractivity contribution in [2.24, 2.45) is 0 Å². The van der Waals surface area contributed by atoms with Crippen LogP contribution in [0, 0.1) is 6.92 Å². The molecule has 0 saturated carbocycles. The third-order valence-corrected chi connectivity index (χ3v) is 7.41. The third-order valence-electron chi connectivity index (χ3n) is 5.04. The minimum Gasteiger partial charge on any atom is -0.282 e. The highest BCUT2D eigenvalue weighted by molar-refractivity contribution is 7.98. The average Bonchev–Trinajstić information content (AvgIpc) is 3.15. The van der Waals surface area contributed by atoms with Crippen LogP contribution < -0.4 is 5.56 Å². The van der Waals surface area contributed by atoms with E-state index in [1.165, 1.54) is 16.9 Å². The predicted molar refractivity (Wildman–Crippen MR) is 130 cm³/mol. The Bertz CT molecular complexity index is 1460. The van der Waals surface area contributed by atoms with Crippen LogP contribution in [0.2, 0.25) is 5.02 Å². The highest BCUT2D eigenvalue weighted by Gasteiger charge is 2.17. The normalized spacial score (nSPS) is 11.4. The molecule has 0 fully saturated rings. The van der Waals surface area contributed by atoms with Crippen molar-refractivity contribution in [3.05, 3.63) is 98.9 Å². The van der Waals surface area contributed by atoms with Gasteiger partial charge in [-0.15, -0.1) is 11.3 Å². The SMILES string of the molecule is Cc1ccc(Cn2c(SCc3cccc(Cl)c3)nc3c(sc4ncccc43)c2=O)cc1. The molecule has 7 heteroatoms. The number of thiophene rings is 1. The number of hydrogen-bond acceptors (Lipinski definition) is 5. The summed E-state index contributed by atoms with van der Waals surface area (Å²) in [6.07, 6.45) is 1.75. The monoisotopic (exact) mass is 463 g/mol. The topological polar surface area (TPSA) is 47.8 Å². The quantitative estimate of drug-likeness (QED) is 0.226. The van der Waals surface area contributed by atoms with Gasteiger partial charge in [-0.2, -0.15) is 0 Å². The maximum absolute atomic E-state index is 13.5. The van der Waals surface area contributed by atoms with Gasteiger partial charge in [-0.25, -0.2) is 9.97 Å². The molecule has 0 aliphatic rings. The lowest BCUT2D eigenvalue weighted by molar-refractivity contribution is 0.659. The molecule has 2 aromatic carbocycles. The van der Waals surface area contributed by atoms with E-state index >= 15 is 0 Å². The van der Waals surface area contributed by atoms with Crippen LogP contribution in [0.15, 0.2) is 76.8 Å². The van der Waals surface area contributed by atoms with E-state index in [0.29, 0.717) is 27.2 Å². The molecule has 3 aromatic heterocycles. The number of nitrogens with zero attached hydrogens (tertiary/aromatic N) is 3. The van der Waals surface area contributed by atoms with E-state index in [0.717, 1.165) is 26.9 Å². The van der Waals surface area contributed by atoms with Gasteiger partial charge in [0.15, 0.2) is 5.16 Å². The molecule has 4 nitrogen and oxygen atoms in total. The van der Waals surface area contributed by atoms with Crippen LogP contribution in [0.5, 0.6) is 0 Å². The van der Waals surface area contributed by atoms with Gasteiger partial charge in [0.05, 0.1) is 12.1 Å². The van der Waals surface area contributed by atoms with Gasteiger partial charge in [0.25, 0.3) is 5.56 Å². The molecular weight excluding hydrogens is 446 g/mol. The predicted octanol–water partition coefficient (Wildman–Crippen LogP) is 6.31. The first-order valence-electron chi connectivity index (χ1n) is 9.79. The highest BCUT2D eigenvalue weighted by Crippen LogP contribution is 2.31. The van der Waals surface area contributed by atoms with Crippen LogP contribution in [0.4, 0.5) is 0 Å². The zero-order chi connectivity index (χ0) is 21.4. The van der Waals surface area contributed by atoms with Gasteiger partial charge in [0.1, 0.15) is 9.53 Å². The molecule has 0 spiro atoms. The van der Waals surface area contributed by atoms with Crippen molar-refractivity contribution in [2.45, 2.75) is 24.4 Å². The fourth-order valence-corrected chi connectivity index (χ4v) is 5.62. The Morgan fingerprint density at radius 3 is 2.71 bits per heavy atom. The van der Waals surface area contributed by atoms with E-state index in [9.17, 15) is 4.79 Å². The molecule has 31 heavy (non-hydrogen) atoms. The van der Waals surface area contributed by atoms with E-state index in [-0.39, 0.29) is 5.56 Å². The highest BCUT2D eigenvalue weighted by atomic mass is 35.5. The summed E-state index contributed by atoms with van der Waals surface area (Å²) in [7, 11) is 0. The van der Waals surface area contributed by atoms with Crippen LogP contribution in [0.25, 0.3) is 20.4 Å². The number of halogens is 1. The van der Waals surface area contributed by atoms with Crippen molar-refractivity contribution < 1.29 is 0 Å². The molecule has 0 N–H and O–H groups in total. The maximum Gasteiger partial charge on any atom is 0.272 e. The number of fused-ring (bicyclic) bond motifs is 3. The number of rotatable bonds is 5. The van der Waals surface area contributed by atoms with Crippen molar-refractivity contribution in [2.75, 3.05) is 0 Å². The molecule has 0 atom stereocenters. The van der Waals surface area contributed by atoms with Gasteiger partial charge < -0.3 is 0 Å². The third kappa shape index (κ3) is 4.11. The van der Waals surface area contributed by atoms with Crippen LogP contribution in [-0.2, 0) is 12.3 Å². The second kappa shape index (κ2) is 8.46. The minimum absolute atomic E-state index is 0.0258. The number of aromatic nitrogens is 3. The van der Waals surface area contributed by atoms with E-state index in [1.807, 2.05) is 36.4 Å². The summed E-state index contributed by atoms with van der Waals surface area (Å²) in [6, 6.07) is 19.9. The number of pyridine rings is 1. The summed E-state index contributed by atoms with van der Waals surface area (Å²) in [5.41, 5.74) is 4.05. The maximum atomic E-state index is 13.5. The first kappa shape index (κ1) is 20.2. The molecule has 5 aromatic rings. The summed E-state index contributed by atoms with van der Waals surface area (Å²) in [4.78, 5) is 23.7. The summed E-state index contributed by atoms with van der Waals surface area (Å²) >= 11 is 9.10. The molecule has 0 saturated heterocycles. The zero-order valence-electron chi connectivity index (χ0n) is 16.7. The number of thioether (sulfide) groups is 1. The van der Waals surface area contributed by atoms with Gasteiger partial charge in [-0.1, -0.05) is 65.3 Å². The van der Waals surface area contributed by atoms with Gasteiger partial charge in [0.2, 0.25) is 0 Å². The molecule has 3 heterocycles. The first-order chi connectivity index (χ1) is 15.1. The van der Waals surface area contributed by atoms with Crippen molar-refractivity contribution in [1.82, 2.24) is 14.5 Å². The fraction of sp³-hybridized carbons (Fsp3) is 0.125. The molecule has 0 aliphatic carbocycles. The second-order valence-electron chi connectivity index (χ2n) is 7.33. The number of benzene rings is 2. The minimum atomic E-state index is -0.0258. The average molecular weight is 464 g/mol. The molecule has 5 rings (SSSR count). The van der Waals surface area contributed by atoms with Gasteiger partial charge in [-0.3, -0.25) is 9.36 Å². The zero-order valence-corrected chi connectivity index (χ0v) is 19.1. The lowest BCUT2D eigenvalue weighted by atomic mass is 10.1. The molecule has 0 radical (unpaired) electrons. The molecule has 0 aliphatic heterocycles. The largest absolute Gasteiger partial charge is 0.282 e. The van der Waals surface area contributed by atoms with E-state index in [2.05, 4.69) is 36.2 Å². The summed E-state index contributed by atoms with van der Waals surface area (Å²) in [5.74, 6) is 0.673. The Morgan fingerprint density at radius 1 is 1.06 bits per heavy atom.